The van der Waals surface area contributed by atoms with Gasteiger partial charge in [0.1, 0.15) is 0 Å². The molecule has 6 heteroatoms. The highest BCUT2D eigenvalue weighted by Gasteiger charge is 2.30. The summed E-state index contributed by atoms with van der Waals surface area (Å²) < 4.78 is 2.28. The molecule has 2 aromatic heterocycles. The Hall–Kier alpha value is -2.37. The number of fused-ring (bicyclic) bond motifs is 1. The van der Waals surface area contributed by atoms with Crippen LogP contribution in [-0.2, 0) is 6.54 Å². The lowest BCUT2D eigenvalue weighted by Gasteiger charge is -2.39. The van der Waals surface area contributed by atoms with Gasteiger partial charge in [-0.3, -0.25) is 4.98 Å². The van der Waals surface area contributed by atoms with Gasteiger partial charge in [0.2, 0.25) is 0 Å². The van der Waals surface area contributed by atoms with Gasteiger partial charge < -0.3 is 14.8 Å². The van der Waals surface area contributed by atoms with Gasteiger partial charge in [0.15, 0.2) is 5.11 Å². The maximum atomic E-state index is 6.08. The Morgan fingerprint density at radius 3 is 2.76 bits per heavy atom. The maximum Gasteiger partial charge on any atom is 0.174 e. The second-order valence-corrected chi connectivity index (χ2v) is 6.77. The van der Waals surface area contributed by atoms with Gasteiger partial charge in [-0.05, 0) is 60.2 Å². The number of nitrogens with one attached hydrogen (secondary N) is 1. The van der Waals surface area contributed by atoms with Crippen LogP contribution in [0.2, 0.25) is 5.02 Å². The minimum Gasteiger partial charge on any atom is -0.348 e. The largest absolute Gasteiger partial charge is 0.348 e. The minimum atomic E-state index is 0.0611. The summed E-state index contributed by atoms with van der Waals surface area (Å²) in [5, 5.41) is 4.70. The molecule has 1 aliphatic rings. The van der Waals surface area contributed by atoms with E-state index in [0.29, 0.717) is 10.1 Å². The number of hydrogen-bond acceptors (Lipinski definition) is 2. The first kappa shape index (κ1) is 16.1. The molecule has 1 unspecified atom stereocenters. The molecule has 3 aromatic rings. The van der Waals surface area contributed by atoms with Crippen LogP contribution in [-0.4, -0.2) is 26.1 Å². The summed E-state index contributed by atoms with van der Waals surface area (Å²) in [5.41, 5.74) is 3.30. The van der Waals surface area contributed by atoms with Gasteiger partial charge in [-0.15, -0.1) is 0 Å². The third kappa shape index (κ3) is 3.25. The Morgan fingerprint density at radius 2 is 1.96 bits per heavy atom. The molecule has 4 nitrogen and oxygen atoms in total. The van der Waals surface area contributed by atoms with E-state index in [4.69, 9.17) is 23.8 Å². The van der Waals surface area contributed by atoms with E-state index in [-0.39, 0.29) is 6.04 Å². The Kier molecular flexibility index (Phi) is 4.42. The molecule has 1 aromatic carbocycles. The topological polar surface area (TPSA) is 33.1 Å². The lowest BCUT2D eigenvalue weighted by molar-refractivity contribution is 0.293. The number of thiocarbonyl (C=S) groups is 1. The van der Waals surface area contributed by atoms with Gasteiger partial charge >= 0.3 is 0 Å². The first-order valence-corrected chi connectivity index (χ1v) is 8.89. The normalized spacial score (nSPS) is 16.4. The summed E-state index contributed by atoms with van der Waals surface area (Å²) >= 11 is 11.8. The van der Waals surface area contributed by atoms with Crippen molar-refractivity contribution in [2.24, 2.45) is 0 Å². The standard InChI is InChI=1S/C19H17ClN4S/c20-15-3-1-4-16(13-15)22-19(25)24-12-11-23-10-2-5-17(23)18(24)14-6-8-21-9-7-14/h1-10,13,18H,11-12H2,(H,22,25). The zero-order valence-corrected chi connectivity index (χ0v) is 15.0. The van der Waals surface area contributed by atoms with Crippen molar-refractivity contribution in [3.63, 3.8) is 0 Å². The molecule has 1 N–H and O–H groups in total. The number of rotatable bonds is 2. The number of halogens is 1. The number of benzene rings is 1. The molecule has 25 heavy (non-hydrogen) atoms. The number of aromatic nitrogens is 2. The maximum absolute atomic E-state index is 6.08. The molecule has 1 aliphatic heterocycles. The summed E-state index contributed by atoms with van der Waals surface area (Å²) in [4.78, 5) is 6.37. The van der Waals surface area contributed by atoms with Crippen molar-refractivity contribution in [1.82, 2.24) is 14.5 Å². The molecule has 0 fully saturated rings. The van der Waals surface area contributed by atoms with E-state index >= 15 is 0 Å². The fourth-order valence-corrected chi connectivity index (χ4v) is 3.76. The monoisotopic (exact) mass is 368 g/mol. The van der Waals surface area contributed by atoms with E-state index in [1.807, 2.05) is 48.8 Å². The zero-order chi connectivity index (χ0) is 17.2. The van der Waals surface area contributed by atoms with Gasteiger partial charge in [-0.1, -0.05) is 17.7 Å². The smallest absolute Gasteiger partial charge is 0.174 e. The fraction of sp³-hybridized carbons (Fsp3) is 0.158. The third-order valence-corrected chi connectivity index (χ3v) is 4.97. The molecule has 4 rings (SSSR count). The molecule has 0 radical (unpaired) electrons. The van der Waals surface area contributed by atoms with Crippen LogP contribution in [0.25, 0.3) is 0 Å². The van der Waals surface area contributed by atoms with Crippen molar-refractivity contribution in [1.29, 1.82) is 0 Å². The Labute approximate surface area is 157 Å². The van der Waals surface area contributed by atoms with Crippen LogP contribution in [0.4, 0.5) is 5.69 Å². The lowest BCUT2D eigenvalue weighted by atomic mass is 10.0. The highest BCUT2D eigenvalue weighted by Crippen LogP contribution is 2.32. The number of anilines is 1. The van der Waals surface area contributed by atoms with Crippen molar-refractivity contribution in [2.45, 2.75) is 12.6 Å². The molecule has 0 aliphatic carbocycles. The fourth-order valence-electron chi connectivity index (χ4n) is 3.26. The molecule has 0 saturated heterocycles. The van der Waals surface area contributed by atoms with Crippen molar-refractivity contribution in [3.8, 4) is 0 Å². The van der Waals surface area contributed by atoms with Crippen LogP contribution in [0.3, 0.4) is 0 Å². The van der Waals surface area contributed by atoms with Gasteiger partial charge in [0.25, 0.3) is 0 Å². The summed E-state index contributed by atoms with van der Waals surface area (Å²) in [6.45, 7) is 1.74. The quantitative estimate of drug-likeness (QED) is 0.682. The van der Waals surface area contributed by atoms with Gasteiger partial charge in [0, 0.05) is 48.1 Å². The average molecular weight is 369 g/mol. The molecular weight excluding hydrogens is 352 g/mol. The van der Waals surface area contributed by atoms with Crippen molar-refractivity contribution in [3.05, 3.63) is 83.4 Å². The lowest BCUT2D eigenvalue weighted by Crippen LogP contribution is -2.44. The number of hydrogen-bond donors (Lipinski definition) is 1. The molecule has 0 bridgehead atoms. The van der Waals surface area contributed by atoms with Crippen LogP contribution >= 0.6 is 23.8 Å². The molecule has 0 amide bonds. The molecule has 1 atom stereocenters. The summed E-state index contributed by atoms with van der Waals surface area (Å²) in [5.74, 6) is 0. The zero-order valence-electron chi connectivity index (χ0n) is 13.5. The van der Waals surface area contributed by atoms with Crippen molar-refractivity contribution >= 4 is 34.6 Å². The first-order chi connectivity index (χ1) is 12.2. The second-order valence-electron chi connectivity index (χ2n) is 5.94. The van der Waals surface area contributed by atoms with Crippen LogP contribution in [0, 0.1) is 0 Å². The molecular formula is C19H17ClN4S. The highest BCUT2D eigenvalue weighted by atomic mass is 35.5. The summed E-state index contributed by atoms with van der Waals surface area (Å²) in [6, 6.07) is 16.0. The van der Waals surface area contributed by atoms with Gasteiger partial charge in [0.05, 0.1) is 6.04 Å². The number of nitrogens with zero attached hydrogens (tertiary/aromatic N) is 3. The average Bonchev–Trinajstić information content (AvgIpc) is 3.10. The van der Waals surface area contributed by atoms with Crippen LogP contribution in [0.5, 0.6) is 0 Å². The van der Waals surface area contributed by atoms with Gasteiger partial charge in [-0.25, -0.2) is 0 Å². The van der Waals surface area contributed by atoms with E-state index in [1.165, 1.54) is 11.3 Å². The van der Waals surface area contributed by atoms with E-state index in [2.05, 4.69) is 38.1 Å². The van der Waals surface area contributed by atoms with Crippen molar-refractivity contribution in [2.75, 3.05) is 11.9 Å². The SMILES string of the molecule is S=C(Nc1cccc(Cl)c1)N1CCn2cccc2C1c1ccncc1. The van der Waals surface area contributed by atoms with Crippen molar-refractivity contribution < 1.29 is 0 Å². The highest BCUT2D eigenvalue weighted by molar-refractivity contribution is 7.80. The van der Waals surface area contributed by atoms with E-state index in [9.17, 15) is 0 Å². The third-order valence-electron chi connectivity index (χ3n) is 4.40. The predicted octanol–water partition coefficient (Wildman–Crippen LogP) is 4.34. The Balaban J connectivity index is 1.66. The second kappa shape index (κ2) is 6.86. The van der Waals surface area contributed by atoms with Crippen LogP contribution in [0.1, 0.15) is 17.3 Å². The van der Waals surface area contributed by atoms with E-state index < -0.39 is 0 Å². The predicted molar refractivity (Wildman–Crippen MR) is 105 cm³/mol. The molecule has 0 spiro atoms. The summed E-state index contributed by atoms with van der Waals surface area (Å²) in [6.07, 6.45) is 5.76. The van der Waals surface area contributed by atoms with E-state index in [1.54, 1.807) is 0 Å². The molecule has 126 valence electrons. The Bertz CT molecular complexity index is 893. The first-order valence-electron chi connectivity index (χ1n) is 8.10. The van der Waals surface area contributed by atoms with Gasteiger partial charge in [-0.2, -0.15) is 0 Å². The van der Waals surface area contributed by atoms with E-state index in [0.717, 1.165) is 18.8 Å². The molecule has 0 saturated carbocycles. The van der Waals surface area contributed by atoms with Crippen LogP contribution < -0.4 is 5.32 Å². The minimum absolute atomic E-state index is 0.0611. The summed E-state index contributed by atoms with van der Waals surface area (Å²) in [7, 11) is 0. The molecule has 3 heterocycles. The Morgan fingerprint density at radius 1 is 1.12 bits per heavy atom. The van der Waals surface area contributed by atoms with Crippen LogP contribution in [0.15, 0.2) is 67.1 Å². The number of pyridine rings is 1.